The van der Waals surface area contributed by atoms with Gasteiger partial charge in [-0.15, -0.1) is 11.3 Å². The summed E-state index contributed by atoms with van der Waals surface area (Å²) in [5.74, 6) is 0.486. The van der Waals surface area contributed by atoms with E-state index in [0.29, 0.717) is 5.92 Å². The third-order valence-corrected chi connectivity index (χ3v) is 7.04. The fraction of sp³-hybridized carbons (Fsp3) is 0.583. The average molecular weight is 428 g/mol. The van der Waals surface area contributed by atoms with Crippen LogP contribution in [0.1, 0.15) is 63.6 Å². The molecule has 1 unspecified atom stereocenters. The van der Waals surface area contributed by atoms with E-state index in [1.807, 2.05) is 25.7 Å². The van der Waals surface area contributed by atoms with Crippen LogP contribution in [-0.2, 0) is 4.74 Å². The average Bonchev–Trinajstić information content (AvgIpc) is 3.10. The molecular formula is C24H33N3O2S. The zero-order valence-electron chi connectivity index (χ0n) is 18.8. The van der Waals surface area contributed by atoms with E-state index in [1.54, 1.807) is 11.3 Å². The molecule has 1 aromatic heterocycles. The van der Waals surface area contributed by atoms with Crippen LogP contribution in [0.25, 0.3) is 15.8 Å². The van der Waals surface area contributed by atoms with E-state index < -0.39 is 5.60 Å². The molecule has 0 saturated carbocycles. The standard InChI is InChI=1S/C24H33N3O2S/c1-16-6-8-20(27(15-16)23(28)29-24(2,3)4)18-7-9-21-19(14-18)25-22(30-21)17-10-12-26(5)13-11-17/h7,9-10,14,16,20H,6,8,11-13,15H2,1-5H3/t16-,20?/m0/s1. The number of rotatable bonds is 2. The minimum atomic E-state index is -0.488. The monoisotopic (exact) mass is 427 g/mol. The van der Waals surface area contributed by atoms with E-state index in [0.717, 1.165) is 55.0 Å². The third kappa shape index (κ3) is 4.70. The Balaban J connectivity index is 1.61. The molecule has 1 saturated heterocycles. The minimum absolute atomic E-state index is 0.0492. The molecule has 0 aliphatic carbocycles. The zero-order valence-corrected chi connectivity index (χ0v) is 19.6. The molecule has 1 amide bonds. The number of aromatic nitrogens is 1. The van der Waals surface area contributed by atoms with Crippen molar-refractivity contribution in [1.29, 1.82) is 0 Å². The quantitative estimate of drug-likeness (QED) is 0.615. The van der Waals surface area contributed by atoms with Gasteiger partial charge in [0, 0.05) is 19.6 Å². The van der Waals surface area contributed by atoms with Gasteiger partial charge in [-0.1, -0.05) is 19.1 Å². The first-order valence-electron chi connectivity index (χ1n) is 11.0. The van der Waals surface area contributed by atoms with Crippen molar-refractivity contribution in [3.05, 3.63) is 34.8 Å². The fourth-order valence-electron chi connectivity index (χ4n) is 4.28. The highest BCUT2D eigenvalue weighted by atomic mass is 32.1. The van der Waals surface area contributed by atoms with Crippen LogP contribution in [0.15, 0.2) is 24.3 Å². The van der Waals surface area contributed by atoms with Crippen LogP contribution >= 0.6 is 11.3 Å². The van der Waals surface area contributed by atoms with E-state index in [2.05, 4.69) is 43.1 Å². The van der Waals surface area contributed by atoms with E-state index in [-0.39, 0.29) is 12.1 Å². The predicted molar refractivity (Wildman–Crippen MR) is 124 cm³/mol. The van der Waals surface area contributed by atoms with Crippen molar-refractivity contribution >= 4 is 33.2 Å². The van der Waals surface area contributed by atoms with Crippen LogP contribution in [0.4, 0.5) is 4.79 Å². The van der Waals surface area contributed by atoms with Gasteiger partial charge in [0.2, 0.25) is 0 Å². The molecule has 2 atom stereocenters. The number of likely N-dealkylation sites (tertiary alicyclic amines) is 1. The van der Waals surface area contributed by atoms with Gasteiger partial charge in [0.25, 0.3) is 0 Å². The largest absolute Gasteiger partial charge is 0.444 e. The lowest BCUT2D eigenvalue weighted by molar-refractivity contribution is 0.00365. The highest BCUT2D eigenvalue weighted by molar-refractivity contribution is 7.19. The van der Waals surface area contributed by atoms with E-state index >= 15 is 0 Å². The number of carbonyl (C=O) groups excluding carboxylic acids is 1. The number of carbonyl (C=O) groups is 1. The lowest BCUT2D eigenvalue weighted by atomic mass is 9.90. The summed E-state index contributed by atoms with van der Waals surface area (Å²) in [6.07, 6.45) is 5.21. The second-order valence-corrected chi connectivity index (χ2v) is 10.8. The Morgan fingerprint density at radius 3 is 2.77 bits per heavy atom. The van der Waals surface area contributed by atoms with Crippen molar-refractivity contribution in [2.24, 2.45) is 5.92 Å². The molecule has 0 spiro atoms. The molecule has 2 aromatic rings. The first kappa shape index (κ1) is 21.3. The molecule has 162 valence electrons. The van der Waals surface area contributed by atoms with Gasteiger partial charge in [-0.05, 0) is 76.3 Å². The van der Waals surface area contributed by atoms with Gasteiger partial charge in [0.1, 0.15) is 10.6 Å². The highest BCUT2D eigenvalue weighted by Gasteiger charge is 2.34. The van der Waals surface area contributed by atoms with Crippen molar-refractivity contribution in [3.8, 4) is 0 Å². The topological polar surface area (TPSA) is 45.7 Å². The van der Waals surface area contributed by atoms with Crippen molar-refractivity contribution < 1.29 is 9.53 Å². The van der Waals surface area contributed by atoms with E-state index in [1.165, 1.54) is 10.3 Å². The van der Waals surface area contributed by atoms with Gasteiger partial charge < -0.3 is 14.5 Å². The summed E-state index contributed by atoms with van der Waals surface area (Å²) in [5.41, 5.74) is 3.07. The molecule has 3 heterocycles. The van der Waals surface area contributed by atoms with Gasteiger partial charge in [-0.25, -0.2) is 9.78 Å². The molecule has 1 aromatic carbocycles. The van der Waals surface area contributed by atoms with Gasteiger partial charge in [-0.2, -0.15) is 0 Å². The number of nitrogens with zero attached hydrogens (tertiary/aromatic N) is 3. The predicted octanol–water partition coefficient (Wildman–Crippen LogP) is 5.72. The summed E-state index contributed by atoms with van der Waals surface area (Å²) >= 11 is 1.77. The molecule has 6 heteroatoms. The second-order valence-electron chi connectivity index (χ2n) is 9.82. The van der Waals surface area contributed by atoms with Crippen LogP contribution < -0.4 is 0 Å². The Labute approximate surface area is 183 Å². The number of thiazole rings is 1. The number of hydrogen-bond acceptors (Lipinski definition) is 5. The third-order valence-electron chi connectivity index (χ3n) is 5.93. The molecule has 0 N–H and O–H groups in total. The van der Waals surface area contributed by atoms with Gasteiger partial charge in [0.15, 0.2) is 0 Å². The first-order valence-corrected chi connectivity index (χ1v) is 11.8. The Kier molecular flexibility index (Phi) is 5.90. The summed E-state index contributed by atoms with van der Waals surface area (Å²) in [7, 11) is 2.15. The second kappa shape index (κ2) is 8.31. The molecular weight excluding hydrogens is 394 g/mol. The fourth-order valence-corrected chi connectivity index (χ4v) is 5.29. The number of benzene rings is 1. The van der Waals surface area contributed by atoms with Crippen LogP contribution in [0.5, 0.6) is 0 Å². The summed E-state index contributed by atoms with van der Waals surface area (Å²) in [5, 5.41) is 1.14. The Morgan fingerprint density at radius 2 is 2.07 bits per heavy atom. The van der Waals surface area contributed by atoms with Crippen molar-refractivity contribution in [3.63, 3.8) is 0 Å². The van der Waals surface area contributed by atoms with Gasteiger partial charge in [-0.3, -0.25) is 0 Å². The maximum Gasteiger partial charge on any atom is 0.410 e. The summed E-state index contributed by atoms with van der Waals surface area (Å²) < 4.78 is 6.93. The van der Waals surface area contributed by atoms with Gasteiger partial charge in [0.05, 0.1) is 16.3 Å². The lowest BCUT2D eigenvalue weighted by Crippen LogP contribution is -2.44. The number of likely N-dealkylation sites (N-methyl/N-ethyl adjacent to an activating group) is 1. The van der Waals surface area contributed by atoms with Crippen LogP contribution in [-0.4, -0.2) is 53.2 Å². The number of piperidine rings is 1. The molecule has 0 bridgehead atoms. The van der Waals surface area contributed by atoms with E-state index in [9.17, 15) is 4.79 Å². The van der Waals surface area contributed by atoms with Crippen LogP contribution in [0, 0.1) is 5.92 Å². The molecule has 0 radical (unpaired) electrons. The Morgan fingerprint density at radius 1 is 1.27 bits per heavy atom. The zero-order chi connectivity index (χ0) is 21.5. The van der Waals surface area contributed by atoms with Crippen molar-refractivity contribution in [2.45, 2.75) is 58.6 Å². The Bertz CT molecular complexity index is 959. The Hall–Kier alpha value is -1.92. The molecule has 1 fully saturated rings. The smallest absolute Gasteiger partial charge is 0.410 e. The molecule has 4 rings (SSSR count). The summed E-state index contributed by atoms with van der Waals surface area (Å²) in [6, 6.07) is 6.58. The first-order chi connectivity index (χ1) is 14.2. The summed E-state index contributed by atoms with van der Waals surface area (Å²) in [4.78, 5) is 22.1. The summed E-state index contributed by atoms with van der Waals surface area (Å²) in [6.45, 7) is 10.8. The number of amides is 1. The number of ether oxygens (including phenoxy) is 1. The van der Waals surface area contributed by atoms with Crippen LogP contribution in [0.3, 0.4) is 0 Å². The van der Waals surface area contributed by atoms with Crippen molar-refractivity contribution in [1.82, 2.24) is 14.8 Å². The highest BCUT2D eigenvalue weighted by Crippen LogP contribution is 2.37. The molecule has 30 heavy (non-hydrogen) atoms. The van der Waals surface area contributed by atoms with Crippen LogP contribution in [0.2, 0.25) is 0 Å². The van der Waals surface area contributed by atoms with Crippen molar-refractivity contribution in [2.75, 3.05) is 26.7 Å². The van der Waals surface area contributed by atoms with Gasteiger partial charge >= 0.3 is 6.09 Å². The SMILES string of the molecule is C[C@H]1CCC(c2ccc3sc(C4=CCN(C)CC4)nc3c2)N(C(=O)OC(C)(C)C)C1. The normalized spacial score (nSPS) is 23.5. The maximum absolute atomic E-state index is 12.9. The number of fused-ring (bicyclic) bond motifs is 1. The molecule has 2 aliphatic rings. The van der Waals surface area contributed by atoms with E-state index in [4.69, 9.17) is 9.72 Å². The number of hydrogen-bond donors (Lipinski definition) is 0. The molecule has 5 nitrogen and oxygen atoms in total. The molecule has 2 aliphatic heterocycles. The minimum Gasteiger partial charge on any atom is -0.444 e. The maximum atomic E-state index is 12.9. The lowest BCUT2D eigenvalue weighted by Gasteiger charge is -2.39.